The summed E-state index contributed by atoms with van der Waals surface area (Å²) in [6, 6.07) is 8.10. The Morgan fingerprint density at radius 2 is 1.88 bits per heavy atom. The lowest BCUT2D eigenvalue weighted by Gasteiger charge is -2.19. The molecule has 0 amide bonds. The number of anilines is 1. The van der Waals surface area contributed by atoms with E-state index in [4.69, 9.17) is 10.7 Å². The van der Waals surface area contributed by atoms with E-state index < -0.39 is 0 Å². The van der Waals surface area contributed by atoms with E-state index in [-0.39, 0.29) is 5.41 Å². The minimum atomic E-state index is 0.0323. The number of nitrogens with zero attached hydrogens (tertiary/aromatic N) is 1. The molecule has 0 radical (unpaired) electrons. The van der Waals surface area contributed by atoms with Crippen molar-refractivity contribution < 1.29 is 0 Å². The summed E-state index contributed by atoms with van der Waals surface area (Å²) >= 11 is 0. The summed E-state index contributed by atoms with van der Waals surface area (Å²) in [5, 5.41) is 1.05. The van der Waals surface area contributed by atoms with E-state index in [0.717, 1.165) is 22.3 Å². The highest BCUT2D eigenvalue weighted by Crippen LogP contribution is 2.28. The summed E-state index contributed by atoms with van der Waals surface area (Å²) < 4.78 is 0. The van der Waals surface area contributed by atoms with Crippen molar-refractivity contribution in [3.8, 4) is 0 Å². The lowest BCUT2D eigenvalue weighted by atomic mass is 9.90. The predicted molar refractivity (Wildman–Crippen MR) is 69.6 cm³/mol. The Balaban J connectivity index is 2.81. The third-order valence-electron chi connectivity index (χ3n) is 2.84. The molecule has 0 aliphatic heterocycles. The minimum Gasteiger partial charge on any atom is -0.398 e. The van der Waals surface area contributed by atoms with E-state index in [9.17, 15) is 0 Å². The van der Waals surface area contributed by atoms with Crippen molar-refractivity contribution in [2.45, 2.75) is 33.1 Å². The number of aryl methyl sites for hydroxylation is 1. The van der Waals surface area contributed by atoms with Gasteiger partial charge in [0, 0.05) is 22.2 Å². The maximum Gasteiger partial charge on any atom is 0.0755 e. The van der Waals surface area contributed by atoms with Crippen LogP contribution in [0.2, 0.25) is 0 Å². The Labute approximate surface area is 96.5 Å². The summed E-state index contributed by atoms with van der Waals surface area (Å²) in [5.74, 6) is 0. The fourth-order valence-corrected chi connectivity index (χ4v) is 1.80. The Bertz CT molecular complexity index is 536. The zero-order valence-electron chi connectivity index (χ0n) is 10.3. The Kier molecular flexibility index (Phi) is 2.38. The molecule has 0 bridgehead atoms. The summed E-state index contributed by atoms with van der Waals surface area (Å²) in [7, 11) is 0. The molecule has 1 heterocycles. The molecule has 1 aromatic heterocycles. The number of para-hydroxylation sites is 1. The number of rotatable bonds is 0. The van der Waals surface area contributed by atoms with Gasteiger partial charge in [0.2, 0.25) is 0 Å². The van der Waals surface area contributed by atoms with Crippen molar-refractivity contribution in [3.63, 3.8) is 0 Å². The van der Waals surface area contributed by atoms with Gasteiger partial charge in [-0.1, -0.05) is 39.0 Å². The molecule has 0 aliphatic carbocycles. The van der Waals surface area contributed by atoms with Crippen LogP contribution in [0.25, 0.3) is 10.9 Å². The molecule has 0 spiro atoms. The quantitative estimate of drug-likeness (QED) is 0.729. The topological polar surface area (TPSA) is 38.9 Å². The molecule has 0 atom stereocenters. The highest BCUT2D eigenvalue weighted by molar-refractivity contribution is 5.92. The molecule has 2 heteroatoms. The average Bonchev–Trinajstić information content (AvgIpc) is 2.18. The Morgan fingerprint density at radius 1 is 1.19 bits per heavy atom. The zero-order valence-corrected chi connectivity index (χ0v) is 10.3. The summed E-state index contributed by atoms with van der Waals surface area (Å²) in [4.78, 5) is 4.73. The van der Waals surface area contributed by atoms with Crippen LogP contribution < -0.4 is 5.73 Å². The van der Waals surface area contributed by atoms with Crippen LogP contribution in [0.15, 0.2) is 24.3 Å². The standard InChI is InChI=1S/C14H18N2/c1-9-6-5-7-10-11(15)8-12(14(2,3)4)16-13(9)10/h5-8H,1-4H3,(H2,15,16). The fraction of sp³-hybridized carbons (Fsp3) is 0.357. The van der Waals surface area contributed by atoms with E-state index in [2.05, 4.69) is 33.8 Å². The first-order valence-electron chi connectivity index (χ1n) is 5.56. The molecular formula is C14H18N2. The number of nitrogens with two attached hydrogens (primary N) is 1. The molecule has 2 aromatic rings. The van der Waals surface area contributed by atoms with Crippen LogP contribution in [0.1, 0.15) is 32.0 Å². The number of nitrogen functional groups attached to an aromatic ring is 1. The van der Waals surface area contributed by atoms with Crippen LogP contribution in [0.5, 0.6) is 0 Å². The maximum atomic E-state index is 6.08. The predicted octanol–water partition coefficient (Wildman–Crippen LogP) is 3.42. The molecule has 1 aromatic carbocycles. The number of benzene rings is 1. The summed E-state index contributed by atoms with van der Waals surface area (Å²) in [6.07, 6.45) is 0. The molecular weight excluding hydrogens is 196 g/mol. The molecule has 84 valence electrons. The van der Waals surface area contributed by atoms with Gasteiger partial charge in [0.1, 0.15) is 0 Å². The molecule has 0 fully saturated rings. The Hall–Kier alpha value is -1.57. The second kappa shape index (κ2) is 3.48. The van der Waals surface area contributed by atoms with E-state index in [1.54, 1.807) is 0 Å². The monoisotopic (exact) mass is 214 g/mol. The molecule has 0 saturated carbocycles. The zero-order chi connectivity index (χ0) is 11.9. The average molecular weight is 214 g/mol. The van der Waals surface area contributed by atoms with Gasteiger partial charge in [0.25, 0.3) is 0 Å². The third kappa shape index (κ3) is 1.75. The summed E-state index contributed by atoms with van der Waals surface area (Å²) in [5.41, 5.74) is 10.2. The molecule has 2 rings (SSSR count). The van der Waals surface area contributed by atoms with Gasteiger partial charge in [0.05, 0.1) is 5.52 Å². The van der Waals surface area contributed by atoms with Gasteiger partial charge in [-0.2, -0.15) is 0 Å². The maximum absolute atomic E-state index is 6.08. The minimum absolute atomic E-state index is 0.0323. The van der Waals surface area contributed by atoms with Crippen LogP contribution >= 0.6 is 0 Å². The fourth-order valence-electron chi connectivity index (χ4n) is 1.80. The largest absolute Gasteiger partial charge is 0.398 e. The van der Waals surface area contributed by atoms with Crippen molar-refractivity contribution in [2.75, 3.05) is 5.73 Å². The molecule has 0 saturated heterocycles. The molecule has 0 aliphatic rings. The first-order chi connectivity index (χ1) is 7.39. The summed E-state index contributed by atoms with van der Waals surface area (Å²) in [6.45, 7) is 8.53. The van der Waals surface area contributed by atoms with Crippen LogP contribution in [0.4, 0.5) is 5.69 Å². The number of aromatic nitrogens is 1. The van der Waals surface area contributed by atoms with Gasteiger partial charge >= 0.3 is 0 Å². The van der Waals surface area contributed by atoms with Gasteiger partial charge in [0.15, 0.2) is 0 Å². The van der Waals surface area contributed by atoms with E-state index in [0.29, 0.717) is 0 Å². The van der Waals surface area contributed by atoms with Crippen molar-refractivity contribution in [3.05, 3.63) is 35.5 Å². The third-order valence-corrected chi connectivity index (χ3v) is 2.84. The van der Waals surface area contributed by atoms with Gasteiger partial charge in [-0.05, 0) is 18.6 Å². The van der Waals surface area contributed by atoms with Crippen molar-refractivity contribution in [1.29, 1.82) is 0 Å². The van der Waals surface area contributed by atoms with Crippen molar-refractivity contribution in [1.82, 2.24) is 4.98 Å². The second-order valence-electron chi connectivity index (χ2n) is 5.32. The van der Waals surface area contributed by atoms with E-state index in [1.807, 2.05) is 18.2 Å². The van der Waals surface area contributed by atoms with Crippen LogP contribution in [0, 0.1) is 6.92 Å². The normalized spacial score (nSPS) is 12.0. The first-order valence-corrected chi connectivity index (χ1v) is 5.56. The first kappa shape index (κ1) is 10.9. The molecule has 2 N–H and O–H groups in total. The molecule has 2 nitrogen and oxygen atoms in total. The van der Waals surface area contributed by atoms with Gasteiger partial charge in [-0.3, -0.25) is 4.98 Å². The lowest BCUT2D eigenvalue weighted by molar-refractivity contribution is 0.572. The SMILES string of the molecule is Cc1cccc2c(N)cc(C(C)(C)C)nc12. The number of fused-ring (bicyclic) bond motifs is 1. The van der Waals surface area contributed by atoms with E-state index in [1.165, 1.54) is 5.56 Å². The number of pyridine rings is 1. The van der Waals surface area contributed by atoms with E-state index >= 15 is 0 Å². The smallest absolute Gasteiger partial charge is 0.0755 e. The number of hydrogen-bond donors (Lipinski definition) is 1. The highest BCUT2D eigenvalue weighted by atomic mass is 14.7. The van der Waals surface area contributed by atoms with Crippen molar-refractivity contribution >= 4 is 16.6 Å². The van der Waals surface area contributed by atoms with Crippen molar-refractivity contribution in [2.24, 2.45) is 0 Å². The van der Waals surface area contributed by atoms with Crippen LogP contribution in [-0.4, -0.2) is 4.98 Å². The second-order valence-corrected chi connectivity index (χ2v) is 5.32. The van der Waals surface area contributed by atoms with Crippen LogP contribution in [0.3, 0.4) is 0 Å². The van der Waals surface area contributed by atoms with Gasteiger partial charge in [-0.15, -0.1) is 0 Å². The highest BCUT2D eigenvalue weighted by Gasteiger charge is 2.17. The number of hydrogen-bond acceptors (Lipinski definition) is 2. The lowest BCUT2D eigenvalue weighted by Crippen LogP contribution is -2.14. The molecule has 16 heavy (non-hydrogen) atoms. The Morgan fingerprint density at radius 3 is 2.50 bits per heavy atom. The van der Waals surface area contributed by atoms with Gasteiger partial charge in [-0.25, -0.2) is 0 Å². The van der Waals surface area contributed by atoms with Crippen LogP contribution in [-0.2, 0) is 5.41 Å². The van der Waals surface area contributed by atoms with Gasteiger partial charge < -0.3 is 5.73 Å². The molecule has 0 unspecified atom stereocenters.